The Labute approximate surface area is 163 Å². The molecular formula is C21H34N3O3+. The number of anilines is 1. The molecule has 0 spiro atoms. The van der Waals surface area contributed by atoms with Gasteiger partial charge >= 0.3 is 5.97 Å². The van der Waals surface area contributed by atoms with Crippen molar-refractivity contribution in [2.75, 3.05) is 58.9 Å². The minimum atomic E-state index is -0.365. The van der Waals surface area contributed by atoms with E-state index in [4.69, 9.17) is 4.74 Å². The van der Waals surface area contributed by atoms with Gasteiger partial charge in [0.25, 0.3) is 0 Å². The number of nitrogens with one attached hydrogen (secondary N) is 1. The second kappa shape index (κ2) is 8.93. The van der Waals surface area contributed by atoms with Crippen LogP contribution in [0.5, 0.6) is 5.75 Å². The maximum Gasteiger partial charge on any atom is 0.343 e. The van der Waals surface area contributed by atoms with E-state index in [0.717, 1.165) is 42.7 Å². The van der Waals surface area contributed by atoms with Crippen LogP contribution in [0.3, 0.4) is 0 Å². The van der Waals surface area contributed by atoms with Crippen molar-refractivity contribution in [2.24, 2.45) is 0 Å². The zero-order chi connectivity index (χ0) is 19.3. The first-order chi connectivity index (χ1) is 13.0. The van der Waals surface area contributed by atoms with Crippen molar-refractivity contribution in [3.05, 3.63) is 24.3 Å². The Kier molecular flexibility index (Phi) is 6.60. The molecule has 1 aromatic rings. The quantitative estimate of drug-likeness (QED) is 0.608. The molecule has 1 N–H and O–H groups in total. The SMILES string of the molecule is COC(=O)COc1ccc(N2CCC([N+](C)(C)C3CCNCC3)CC2)cc1. The summed E-state index contributed by atoms with van der Waals surface area (Å²) in [4.78, 5) is 13.6. The fraction of sp³-hybridized carbons (Fsp3) is 0.667. The standard InChI is InChI=1S/C21H34N3O3/c1-24(2,18-8-12-22-13-9-18)19-10-14-23(15-11-19)17-4-6-20(7-5-17)27-16-21(25)26-3/h4-7,18-19,22H,8-16H2,1-3H3/q+1. The van der Waals surface area contributed by atoms with Gasteiger partial charge in [0.15, 0.2) is 6.61 Å². The van der Waals surface area contributed by atoms with Crippen molar-refractivity contribution >= 4 is 11.7 Å². The van der Waals surface area contributed by atoms with E-state index in [-0.39, 0.29) is 12.6 Å². The van der Waals surface area contributed by atoms with Crippen LogP contribution in [0.4, 0.5) is 5.69 Å². The Morgan fingerprint density at radius 3 is 2.26 bits per heavy atom. The molecule has 2 saturated heterocycles. The van der Waals surface area contributed by atoms with Gasteiger partial charge in [-0.1, -0.05) is 0 Å². The number of ether oxygens (including phenoxy) is 2. The monoisotopic (exact) mass is 376 g/mol. The maximum absolute atomic E-state index is 11.2. The summed E-state index contributed by atoms with van der Waals surface area (Å²) >= 11 is 0. The molecule has 2 aliphatic rings. The molecule has 27 heavy (non-hydrogen) atoms. The highest BCUT2D eigenvalue weighted by Gasteiger charge is 2.38. The zero-order valence-corrected chi connectivity index (χ0v) is 16.9. The number of benzene rings is 1. The molecule has 2 fully saturated rings. The van der Waals surface area contributed by atoms with Gasteiger partial charge in [0.2, 0.25) is 0 Å². The molecule has 2 heterocycles. The van der Waals surface area contributed by atoms with E-state index in [0.29, 0.717) is 5.75 Å². The lowest BCUT2D eigenvalue weighted by atomic mass is 9.94. The lowest BCUT2D eigenvalue weighted by Crippen LogP contribution is -2.61. The highest BCUT2D eigenvalue weighted by Crippen LogP contribution is 2.30. The van der Waals surface area contributed by atoms with Crippen molar-refractivity contribution in [3.63, 3.8) is 0 Å². The molecule has 0 saturated carbocycles. The second-order valence-electron chi connectivity index (χ2n) is 8.19. The fourth-order valence-electron chi connectivity index (χ4n) is 4.51. The first kappa shape index (κ1) is 20.0. The first-order valence-electron chi connectivity index (χ1n) is 10.1. The number of hydrogen-bond acceptors (Lipinski definition) is 5. The number of rotatable bonds is 6. The molecule has 6 nitrogen and oxygen atoms in total. The van der Waals surface area contributed by atoms with Crippen molar-refractivity contribution in [2.45, 2.75) is 37.8 Å². The minimum absolute atomic E-state index is 0.0507. The number of quaternary nitrogens is 1. The molecule has 1 aromatic carbocycles. The summed E-state index contributed by atoms with van der Waals surface area (Å²) in [7, 11) is 6.23. The van der Waals surface area contributed by atoms with E-state index >= 15 is 0 Å². The number of piperidine rings is 2. The number of nitrogens with zero attached hydrogens (tertiary/aromatic N) is 2. The van der Waals surface area contributed by atoms with E-state index in [1.165, 1.54) is 38.5 Å². The van der Waals surface area contributed by atoms with Crippen LogP contribution in [-0.4, -0.2) is 76.5 Å². The number of hydrogen-bond donors (Lipinski definition) is 1. The van der Waals surface area contributed by atoms with E-state index in [9.17, 15) is 4.79 Å². The largest absolute Gasteiger partial charge is 0.482 e. The summed E-state index contributed by atoms with van der Waals surface area (Å²) in [5.41, 5.74) is 1.23. The summed E-state index contributed by atoms with van der Waals surface area (Å²) in [6, 6.07) is 9.55. The third kappa shape index (κ3) is 4.93. The van der Waals surface area contributed by atoms with Crippen molar-refractivity contribution < 1.29 is 18.8 Å². The average molecular weight is 377 g/mol. The molecule has 2 aliphatic heterocycles. The lowest BCUT2D eigenvalue weighted by molar-refractivity contribution is -0.940. The number of esters is 1. The number of carbonyl (C=O) groups is 1. The molecule has 6 heteroatoms. The summed E-state index contributed by atoms with van der Waals surface area (Å²) in [6.45, 7) is 4.47. The van der Waals surface area contributed by atoms with Crippen LogP contribution in [0.15, 0.2) is 24.3 Å². The first-order valence-corrected chi connectivity index (χ1v) is 10.1. The Morgan fingerprint density at radius 1 is 1.07 bits per heavy atom. The Morgan fingerprint density at radius 2 is 1.67 bits per heavy atom. The summed E-state index contributed by atoms with van der Waals surface area (Å²) in [6.07, 6.45) is 5.05. The average Bonchev–Trinajstić information content (AvgIpc) is 2.73. The van der Waals surface area contributed by atoms with Crippen LogP contribution in [0.25, 0.3) is 0 Å². The van der Waals surface area contributed by atoms with Crippen LogP contribution in [0.2, 0.25) is 0 Å². The summed E-state index contributed by atoms with van der Waals surface area (Å²) in [5, 5.41) is 3.49. The Balaban J connectivity index is 1.52. The molecule has 0 aliphatic carbocycles. The highest BCUT2D eigenvalue weighted by atomic mass is 16.6. The van der Waals surface area contributed by atoms with Crippen LogP contribution < -0.4 is 15.0 Å². The molecule has 0 aromatic heterocycles. The van der Waals surface area contributed by atoms with Crippen molar-refractivity contribution in [3.8, 4) is 5.75 Å². The van der Waals surface area contributed by atoms with Gasteiger partial charge in [-0.15, -0.1) is 0 Å². The van der Waals surface area contributed by atoms with Crippen molar-refractivity contribution in [1.82, 2.24) is 5.32 Å². The lowest BCUT2D eigenvalue weighted by Gasteiger charge is -2.48. The Bertz CT molecular complexity index is 604. The summed E-state index contributed by atoms with van der Waals surface area (Å²) in [5.74, 6) is 0.332. The fourth-order valence-corrected chi connectivity index (χ4v) is 4.51. The third-order valence-electron chi connectivity index (χ3n) is 6.44. The van der Waals surface area contributed by atoms with Crippen LogP contribution in [0.1, 0.15) is 25.7 Å². The van der Waals surface area contributed by atoms with Crippen LogP contribution in [0, 0.1) is 0 Å². The molecule has 0 bridgehead atoms. The third-order valence-corrected chi connectivity index (χ3v) is 6.44. The van der Waals surface area contributed by atoms with Gasteiger partial charge in [-0.05, 0) is 24.3 Å². The van der Waals surface area contributed by atoms with Gasteiger partial charge in [0.05, 0.1) is 33.3 Å². The smallest absolute Gasteiger partial charge is 0.343 e. The van der Waals surface area contributed by atoms with Gasteiger partial charge in [-0.3, -0.25) is 0 Å². The van der Waals surface area contributed by atoms with E-state index in [1.54, 1.807) is 0 Å². The van der Waals surface area contributed by atoms with Gasteiger partial charge in [0.1, 0.15) is 5.75 Å². The predicted molar refractivity (Wildman–Crippen MR) is 107 cm³/mol. The molecule has 0 atom stereocenters. The molecule has 0 amide bonds. The maximum atomic E-state index is 11.2. The Hall–Kier alpha value is -1.79. The van der Waals surface area contributed by atoms with Crippen molar-refractivity contribution in [1.29, 1.82) is 0 Å². The zero-order valence-electron chi connectivity index (χ0n) is 16.9. The predicted octanol–water partition coefficient (Wildman–Crippen LogP) is 2.04. The van der Waals surface area contributed by atoms with Gasteiger partial charge in [-0.25, -0.2) is 4.79 Å². The molecule has 3 rings (SSSR count). The molecule has 0 unspecified atom stereocenters. The van der Waals surface area contributed by atoms with Gasteiger partial charge in [0, 0.05) is 57.5 Å². The molecule has 0 radical (unpaired) electrons. The summed E-state index contributed by atoms with van der Waals surface area (Å²) < 4.78 is 11.2. The second-order valence-corrected chi connectivity index (χ2v) is 8.19. The highest BCUT2D eigenvalue weighted by molar-refractivity contribution is 5.70. The molecule has 150 valence electrons. The van der Waals surface area contributed by atoms with E-state index in [1.807, 2.05) is 12.1 Å². The van der Waals surface area contributed by atoms with E-state index < -0.39 is 0 Å². The molecular weight excluding hydrogens is 342 g/mol. The normalized spacial score (nSPS) is 19.7. The van der Waals surface area contributed by atoms with E-state index in [2.05, 4.69) is 41.2 Å². The van der Waals surface area contributed by atoms with Crippen LogP contribution >= 0.6 is 0 Å². The number of methoxy groups -OCH3 is 1. The number of carbonyl (C=O) groups excluding carboxylic acids is 1. The van der Waals surface area contributed by atoms with Gasteiger partial charge in [-0.2, -0.15) is 0 Å². The van der Waals surface area contributed by atoms with Crippen LogP contribution in [-0.2, 0) is 9.53 Å². The van der Waals surface area contributed by atoms with Gasteiger partial charge < -0.3 is 24.2 Å². The topological polar surface area (TPSA) is 50.8 Å². The minimum Gasteiger partial charge on any atom is -0.482 e.